The van der Waals surface area contributed by atoms with Crippen molar-refractivity contribution in [2.45, 2.75) is 31.6 Å². The van der Waals surface area contributed by atoms with Crippen LogP contribution in [0.5, 0.6) is 0 Å². The molecule has 3 amide bonds. The zero-order valence-corrected chi connectivity index (χ0v) is 20.3. The molecule has 0 bridgehead atoms. The Morgan fingerprint density at radius 1 is 0.943 bits per heavy atom. The summed E-state index contributed by atoms with van der Waals surface area (Å²) in [6.07, 6.45) is 1.08. The third-order valence-electron chi connectivity index (χ3n) is 5.99. The van der Waals surface area contributed by atoms with Crippen molar-refractivity contribution in [2.24, 2.45) is 5.92 Å². The van der Waals surface area contributed by atoms with E-state index >= 15 is 0 Å². The van der Waals surface area contributed by atoms with Crippen LogP contribution in [0, 0.1) is 19.8 Å². The van der Waals surface area contributed by atoms with Crippen molar-refractivity contribution in [3.8, 4) is 0 Å². The Bertz CT molecular complexity index is 1300. The van der Waals surface area contributed by atoms with Gasteiger partial charge in [0.2, 0.25) is 11.8 Å². The predicted molar refractivity (Wildman–Crippen MR) is 132 cm³/mol. The largest absolute Gasteiger partial charge is 0.337 e. The Labute approximate surface area is 203 Å². The van der Waals surface area contributed by atoms with E-state index in [1.165, 1.54) is 24.3 Å². The molecule has 2 heterocycles. The summed E-state index contributed by atoms with van der Waals surface area (Å²) < 4.78 is 32.6. The number of sulfonamides is 1. The van der Waals surface area contributed by atoms with Gasteiger partial charge < -0.3 is 20.1 Å². The van der Waals surface area contributed by atoms with E-state index in [9.17, 15) is 18.0 Å². The van der Waals surface area contributed by atoms with E-state index in [2.05, 4.69) is 20.5 Å². The summed E-state index contributed by atoms with van der Waals surface area (Å²) in [5, 5.41) is 9.43. The fourth-order valence-electron chi connectivity index (χ4n) is 3.72. The number of piperidine rings is 1. The Morgan fingerprint density at radius 3 is 2.17 bits per heavy atom. The van der Waals surface area contributed by atoms with Crippen LogP contribution in [-0.4, -0.2) is 43.5 Å². The Morgan fingerprint density at radius 2 is 1.57 bits per heavy atom. The first-order chi connectivity index (χ1) is 16.7. The zero-order valence-electron chi connectivity index (χ0n) is 19.4. The molecule has 4 rings (SSSR count). The highest BCUT2D eigenvalue weighted by molar-refractivity contribution is 7.92. The number of para-hydroxylation sites is 1. The molecule has 35 heavy (non-hydrogen) atoms. The SMILES string of the molecule is Cc1noc(NS(=O)(=O)c2ccc(NC(=O)C3CCN(C(=O)Nc4ccccc4)CC3)cc2)c1C. The molecule has 0 spiro atoms. The van der Waals surface area contributed by atoms with Gasteiger partial charge in [0.1, 0.15) is 0 Å². The molecule has 11 heteroatoms. The molecule has 0 atom stereocenters. The third kappa shape index (κ3) is 5.80. The van der Waals surface area contributed by atoms with E-state index in [1.54, 1.807) is 18.7 Å². The number of likely N-dealkylation sites (tertiary alicyclic amines) is 1. The first-order valence-corrected chi connectivity index (χ1v) is 12.7. The van der Waals surface area contributed by atoms with Gasteiger partial charge in [0.15, 0.2) is 0 Å². The number of hydrogen-bond acceptors (Lipinski definition) is 6. The number of aryl methyl sites for hydroxylation is 1. The number of urea groups is 1. The number of rotatable bonds is 6. The lowest BCUT2D eigenvalue weighted by molar-refractivity contribution is -0.121. The molecule has 1 aromatic heterocycles. The molecule has 0 radical (unpaired) electrons. The van der Waals surface area contributed by atoms with Crippen molar-refractivity contribution in [1.82, 2.24) is 10.1 Å². The number of benzene rings is 2. The molecule has 0 unspecified atom stereocenters. The van der Waals surface area contributed by atoms with Crippen molar-refractivity contribution in [3.05, 3.63) is 65.9 Å². The standard InChI is InChI=1S/C24H27N5O5S/c1-16-17(2)27-34-23(16)28-35(32,33)21-10-8-20(9-11-21)25-22(30)18-12-14-29(15-13-18)24(31)26-19-6-4-3-5-7-19/h3-11,18,28H,12-15H2,1-2H3,(H,25,30)(H,26,31). The number of nitrogens with zero attached hydrogens (tertiary/aromatic N) is 2. The predicted octanol–water partition coefficient (Wildman–Crippen LogP) is 3.97. The van der Waals surface area contributed by atoms with E-state index < -0.39 is 10.0 Å². The monoisotopic (exact) mass is 497 g/mol. The third-order valence-corrected chi connectivity index (χ3v) is 7.34. The summed E-state index contributed by atoms with van der Waals surface area (Å²) in [5.41, 5.74) is 2.43. The van der Waals surface area contributed by atoms with Crippen molar-refractivity contribution in [1.29, 1.82) is 0 Å². The van der Waals surface area contributed by atoms with Crippen LogP contribution in [0.15, 0.2) is 64.0 Å². The molecule has 1 fully saturated rings. The minimum atomic E-state index is -3.87. The van der Waals surface area contributed by atoms with Gasteiger partial charge in [-0.15, -0.1) is 0 Å². The second-order valence-corrected chi connectivity index (χ2v) is 10.1. The number of carbonyl (C=O) groups excluding carboxylic acids is 2. The lowest BCUT2D eigenvalue weighted by Crippen LogP contribution is -2.43. The van der Waals surface area contributed by atoms with E-state index in [0.717, 1.165) is 5.69 Å². The van der Waals surface area contributed by atoms with E-state index in [-0.39, 0.29) is 28.6 Å². The molecule has 1 saturated heterocycles. The zero-order chi connectivity index (χ0) is 25.0. The maximum Gasteiger partial charge on any atom is 0.321 e. The maximum absolute atomic E-state index is 12.7. The highest BCUT2D eigenvalue weighted by Gasteiger charge is 2.27. The fourth-order valence-corrected chi connectivity index (χ4v) is 4.77. The lowest BCUT2D eigenvalue weighted by atomic mass is 9.96. The van der Waals surface area contributed by atoms with Gasteiger partial charge >= 0.3 is 6.03 Å². The van der Waals surface area contributed by atoms with Crippen LogP contribution in [0.2, 0.25) is 0 Å². The maximum atomic E-state index is 12.7. The van der Waals surface area contributed by atoms with Gasteiger partial charge in [-0.25, -0.2) is 17.9 Å². The number of amides is 3. The number of hydrogen-bond donors (Lipinski definition) is 3. The highest BCUT2D eigenvalue weighted by atomic mass is 32.2. The summed E-state index contributed by atoms with van der Waals surface area (Å²) in [7, 11) is -3.87. The van der Waals surface area contributed by atoms with Crippen LogP contribution < -0.4 is 15.4 Å². The average molecular weight is 498 g/mol. The van der Waals surface area contributed by atoms with Gasteiger partial charge in [-0.05, 0) is 63.1 Å². The molecule has 3 N–H and O–H groups in total. The normalized spacial score (nSPS) is 14.4. The van der Waals surface area contributed by atoms with Crippen LogP contribution >= 0.6 is 0 Å². The van der Waals surface area contributed by atoms with E-state index in [4.69, 9.17) is 4.52 Å². The number of carbonyl (C=O) groups is 2. The van der Waals surface area contributed by atoms with Crippen molar-refractivity contribution < 1.29 is 22.5 Å². The van der Waals surface area contributed by atoms with Crippen LogP contribution in [0.3, 0.4) is 0 Å². The average Bonchev–Trinajstić information content (AvgIpc) is 3.16. The smallest absolute Gasteiger partial charge is 0.321 e. The molecule has 184 valence electrons. The van der Waals surface area contributed by atoms with Gasteiger partial charge in [-0.2, -0.15) is 0 Å². The minimum absolute atomic E-state index is 0.0293. The summed E-state index contributed by atoms with van der Waals surface area (Å²) in [4.78, 5) is 26.9. The van der Waals surface area contributed by atoms with Gasteiger partial charge in [0.25, 0.3) is 10.0 Å². The molecule has 1 aliphatic rings. The summed E-state index contributed by atoms with van der Waals surface area (Å²) in [6, 6.07) is 14.9. The number of anilines is 3. The Kier molecular flexibility index (Phi) is 7.06. The molecule has 0 saturated carbocycles. The second-order valence-electron chi connectivity index (χ2n) is 8.40. The molecule has 3 aromatic rings. The van der Waals surface area contributed by atoms with Gasteiger partial charge in [0.05, 0.1) is 10.6 Å². The topological polar surface area (TPSA) is 134 Å². The Balaban J connectivity index is 1.29. The van der Waals surface area contributed by atoms with Crippen molar-refractivity contribution in [3.63, 3.8) is 0 Å². The minimum Gasteiger partial charge on any atom is -0.337 e. The van der Waals surface area contributed by atoms with Crippen LogP contribution in [0.1, 0.15) is 24.1 Å². The summed E-state index contributed by atoms with van der Waals surface area (Å²) in [5.74, 6) is -0.322. The number of nitrogens with one attached hydrogen (secondary N) is 3. The van der Waals surface area contributed by atoms with Gasteiger partial charge in [0, 0.05) is 35.9 Å². The van der Waals surface area contributed by atoms with E-state index in [1.807, 2.05) is 30.3 Å². The van der Waals surface area contributed by atoms with Crippen LogP contribution in [0.25, 0.3) is 0 Å². The quantitative estimate of drug-likeness (QED) is 0.472. The summed E-state index contributed by atoms with van der Waals surface area (Å²) >= 11 is 0. The van der Waals surface area contributed by atoms with E-state index in [0.29, 0.717) is 42.9 Å². The molecule has 1 aliphatic heterocycles. The summed E-state index contributed by atoms with van der Waals surface area (Å²) in [6.45, 7) is 4.38. The molecular formula is C24H27N5O5S. The number of aromatic nitrogens is 1. The van der Waals surface area contributed by atoms with Crippen LogP contribution in [-0.2, 0) is 14.8 Å². The van der Waals surface area contributed by atoms with Gasteiger partial charge in [-0.1, -0.05) is 23.4 Å². The molecule has 10 nitrogen and oxygen atoms in total. The van der Waals surface area contributed by atoms with Gasteiger partial charge in [-0.3, -0.25) is 4.79 Å². The fraction of sp³-hybridized carbons (Fsp3) is 0.292. The highest BCUT2D eigenvalue weighted by Crippen LogP contribution is 2.24. The first kappa shape index (κ1) is 24.3. The lowest BCUT2D eigenvalue weighted by Gasteiger charge is -2.31. The molecule has 2 aromatic carbocycles. The van der Waals surface area contributed by atoms with Crippen molar-refractivity contribution >= 4 is 39.2 Å². The molecule has 0 aliphatic carbocycles. The molecular weight excluding hydrogens is 470 g/mol. The van der Waals surface area contributed by atoms with Crippen molar-refractivity contribution in [2.75, 3.05) is 28.4 Å². The Hall–Kier alpha value is -3.86. The second kappa shape index (κ2) is 10.2. The first-order valence-electron chi connectivity index (χ1n) is 11.2. The van der Waals surface area contributed by atoms with Crippen LogP contribution in [0.4, 0.5) is 22.1 Å².